The number of likely N-dealkylation sites (N-methyl/N-ethyl adjacent to an activating group) is 2. The van der Waals surface area contributed by atoms with Gasteiger partial charge in [-0.3, -0.25) is 9.79 Å². The SMILES string of the molecule is CCN(C)CCN(CC)C(=O)C1(C)C=NC(c2cc(F)ccc2C)S1. The Labute approximate surface area is 154 Å². The monoisotopic (exact) mass is 365 g/mol. The molecule has 0 aliphatic carbocycles. The van der Waals surface area contributed by atoms with Gasteiger partial charge in [-0.2, -0.15) is 0 Å². The van der Waals surface area contributed by atoms with Gasteiger partial charge >= 0.3 is 0 Å². The summed E-state index contributed by atoms with van der Waals surface area (Å²) in [4.78, 5) is 21.6. The molecule has 1 aliphatic rings. The zero-order valence-corrected chi connectivity index (χ0v) is 16.6. The molecule has 0 saturated heterocycles. The van der Waals surface area contributed by atoms with Gasteiger partial charge in [-0.15, -0.1) is 11.8 Å². The zero-order chi connectivity index (χ0) is 18.6. The smallest absolute Gasteiger partial charge is 0.244 e. The molecule has 2 unspecified atom stereocenters. The van der Waals surface area contributed by atoms with E-state index in [9.17, 15) is 9.18 Å². The molecule has 0 N–H and O–H groups in total. The Balaban J connectivity index is 2.10. The summed E-state index contributed by atoms with van der Waals surface area (Å²) in [5, 5.41) is -0.235. The van der Waals surface area contributed by atoms with Gasteiger partial charge in [-0.05, 0) is 57.6 Å². The third kappa shape index (κ3) is 4.61. The topological polar surface area (TPSA) is 35.9 Å². The summed E-state index contributed by atoms with van der Waals surface area (Å²) in [7, 11) is 2.05. The number of amides is 1. The molecule has 2 atom stereocenters. The molecule has 0 fully saturated rings. The predicted octanol–water partition coefficient (Wildman–Crippen LogP) is 3.51. The second-order valence-electron chi connectivity index (χ2n) is 6.64. The van der Waals surface area contributed by atoms with Crippen LogP contribution in [0.25, 0.3) is 0 Å². The van der Waals surface area contributed by atoms with Gasteiger partial charge in [0.25, 0.3) is 0 Å². The van der Waals surface area contributed by atoms with Crippen molar-refractivity contribution in [2.45, 2.75) is 37.8 Å². The number of benzene rings is 1. The lowest BCUT2D eigenvalue weighted by Gasteiger charge is -2.30. The third-order valence-electron chi connectivity index (χ3n) is 4.71. The molecule has 1 aromatic rings. The van der Waals surface area contributed by atoms with Crippen molar-refractivity contribution < 1.29 is 9.18 Å². The van der Waals surface area contributed by atoms with Crippen molar-refractivity contribution in [1.29, 1.82) is 0 Å². The molecule has 138 valence electrons. The molecular weight excluding hydrogens is 337 g/mol. The molecule has 0 bridgehead atoms. The van der Waals surface area contributed by atoms with Crippen LogP contribution in [-0.4, -0.2) is 59.9 Å². The molecule has 1 heterocycles. The molecule has 2 rings (SSSR count). The van der Waals surface area contributed by atoms with E-state index in [1.165, 1.54) is 23.9 Å². The van der Waals surface area contributed by atoms with Gasteiger partial charge in [0.15, 0.2) is 0 Å². The van der Waals surface area contributed by atoms with Crippen molar-refractivity contribution in [3.8, 4) is 0 Å². The van der Waals surface area contributed by atoms with Crippen molar-refractivity contribution in [3.63, 3.8) is 0 Å². The first-order valence-corrected chi connectivity index (χ1v) is 9.64. The molecular formula is C19H28FN3OS. The van der Waals surface area contributed by atoms with E-state index < -0.39 is 4.75 Å². The van der Waals surface area contributed by atoms with Gasteiger partial charge in [-0.1, -0.05) is 13.0 Å². The fourth-order valence-corrected chi connectivity index (χ4v) is 4.11. The van der Waals surface area contributed by atoms with Crippen LogP contribution in [-0.2, 0) is 4.79 Å². The van der Waals surface area contributed by atoms with Crippen LogP contribution in [0.2, 0.25) is 0 Å². The van der Waals surface area contributed by atoms with Crippen molar-refractivity contribution in [2.24, 2.45) is 4.99 Å². The van der Waals surface area contributed by atoms with Gasteiger partial charge in [0.05, 0.1) is 0 Å². The van der Waals surface area contributed by atoms with Gasteiger partial charge < -0.3 is 9.80 Å². The van der Waals surface area contributed by atoms with E-state index in [1.54, 1.807) is 12.3 Å². The second kappa shape index (κ2) is 8.32. The number of halogens is 1. The van der Waals surface area contributed by atoms with Crippen LogP contribution in [0.4, 0.5) is 4.39 Å². The van der Waals surface area contributed by atoms with E-state index in [2.05, 4.69) is 23.9 Å². The van der Waals surface area contributed by atoms with Gasteiger partial charge in [0.1, 0.15) is 15.9 Å². The Morgan fingerprint density at radius 2 is 2.04 bits per heavy atom. The van der Waals surface area contributed by atoms with Crippen LogP contribution in [0.1, 0.15) is 37.3 Å². The van der Waals surface area contributed by atoms with Crippen LogP contribution >= 0.6 is 11.8 Å². The molecule has 6 heteroatoms. The average Bonchev–Trinajstić information content (AvgIpc) is 3.00. The van der Waals surface area contributed by atoms with Crippen LogP contribution in [0.15, 0.2) is 23.2 Å². The number of carbonyl (C=O) groups is 1. The predicted molar refractivity (Wildman–Crippen MR) is 104 cm³/mol. The van der Waals surface area contributed by atoms with E-state index in [-0.39, 0.29) is 17.1 Å². The Morgan fingerprint density at radius 1 is 1.32 bits per heavy atom. The van der Waals surface area contributed by atoms with E-state index in [4.69, 9.17) is 0 Å². The minimum Gasteiger partial charge on any atom is -0.340 e. The number of nitrogens with zero attached hydrogens (tertiary/aromatic N) is 3. The van der Waals surface area contributed by atoms with E-state index in [1.807, 2.05) is 25.7 Å². The maximum absolute atomic E-state index is 13.6. The quantitative estimate of drug-likeness (QED) is 0.742. The molecule has 1 aliphatic heterocycles. The molecule has 0 aromatic heterocycles. The lowest BCUT2D eigenvalue weighted by Crippen LogP contribution is -2.47. The molecule has 0 spiro atoms. The maximum atomic E-state index is 13.6. The number of hydrogen-bond acceptors (Lipinski definition) is 4. The summed E-state index contributed by atoms with van der Waals surface area (Å²) in [5.41, 5.74) is 1.83. The average molecular weight is 366 g/mol. The van der Waals surface area contributed by atoms with Crippen LogP contribution in [0, 0.1) is 12.7 Å². The molecule has 0 saturated carbocycles. The fourth-order valence-electron chi connectivity index (χ4n) is 2.80. The summed E-state index contributed by atoms with van der Waals surface area (Å²) < 4.78 is 12.9. The first kappa shape index (κ1) is 19.9. The third-order valence-corrected chi connectivity index (χ3v) is 6.07. The first-order chi connectivity index (χ1) is 11.8. The molecule has 25 heavy (non-hydrogen) atoms. The van der Waals surface area contributed by atoms with Crippen molar-refractivity contribution in [3.05, 3.63) is 35.1 Å². The normalized spacial score (nSPS) is 22.6. The number of carbonyl (C=O) groups excluding carboxylic acids is 1. The molecule has 1 amide bonds. The Bertz CT molecular complexity index is 652. The van der Waals surface area contributed by atoms with Crippen molar-refractivity contribution in [2.75, 3.05) is 33.2 Å². The first-order valence-electron chi connectivity index (χ1n) is 8.76. The number of aliphatic imine (C=N–C) groups is 1. The zero-order valence-electron chi connectivity index (χ0n) is 15.8. The van der Waals surface area contributed by atoms with Crippen LogP contribution < -0.4 is 0 Å². The highest BCUT2D eigenvalue weighted by Gasteiger charge is 2.42. The highest BCUT2D eigenvalue weighted by atomic mass is 32.2. The fraction of sp³-hybridized carbons (Fsp3) is 0.579. The van der Waals surface area contributed by atoms with Gasteiger partial charge in [-0.25, -0.2) is 4.39 Å². The minimum absolute atomic E-state index is 0.0739. The summed E-state index contributed by atoms with van der Waals surface area (Å²) in [6.07, 6.45) is 1.74. The number of rotatable bonds is 7. The Hall–Kier alpha value is -1.40. The number of thioether (sulfide) groups is 1. The summed E-state index contributed by atoms with van der Waals surface area (Å²) in [5.74, 6) is -0.195. The lowest BCUT2D eigenvalue weighted by molar-refractivity contribution is -0.131. The maximum Gasteiger partial charge on any atom is 0.244 e. The minimum atomic E-state index is -0.704. The standard InChI is InChI=1S/C19H28FN3OS/c1-6-22(5)10-11-23(7-2)18(24)19(4)13-21-17(25-19)16-12-15(20)9-8-14(16)3/h8-9,12-13,17H,6-7,10-11H2,1-5H3. The van der Waals surface area contributed by atoms with Crippen LogP contribution in [0.3, 0.4) is 0 Å². The van der Waals surface area contributed by atoms with Gasteiger partial charge in [0.2, 0.25) is 5.91 Å². The van der Waals surface area contributed by atoms with Crippen molar-refractivity contribution >= 4 is 23.9 Å². The van der Waals surface area contributed by atoms with Crippen LogP contribution in [0.5, 0.6) is 0 Å². The molecule has 4 nitrogen and oxygen atoms in total. The summed E-state index contributed by atoms with van der Waals surface area (Å²) in [6.45, 7) is 11.1. The second-order valence-corrected chi connectivity index (χ2v) is 8.17. The largest absolute Gasteiger partial charge is 0.340 e. The summed E-state index contributed by atoms with van der Waals surface area (Å²) >= 11 is 1.49. The van der Waals surface area contributed by atoms with Crippen molar-refractivity contribution in [1.82, 2.24) is 9.80 Å². The Morgan fingerprint density at radius 3 is 2.68 bits per heavy atom. The lowest BCUT2D eigenvalue weighted by atomic mass is 10.1. The van der Waals surface area contributed by atoms with Gasteiger partial charge in [0, 0.05) is 25.8 Å². The highest BCUT2D eigenvalue weighted by Crippen LogP contribution is 2.45. The molecule has 0 radical (unpaired) electrons. The number of aryl methyl sites for hydroxylation is 1. The van der Waals surface area contributed by atoms with E-state index >= 15 is 0 Å². The Kier molecular flexibility index (Phi) is 6.63. The summed E-state index contributed by atoms with van der Waals surface area (Å²) in [6, 6.07) is 4.74. The van der Waals surface area contributed by atoms with E-state index in [0.29, 0.717) is 13.1 Å². The molecule has 1 aromatic carbocycles. The number of hydrogen-bond donors (Lipinski definition) is 0. The highest BCUT2D eigenvalue weighted by molar-refractivity contribution is 8.02. The van der Waals surface area contributed by atoms with E-state index in [0.717, 1.165) is 24.2 Å².